The minimum Gasteiger partial charge on any atom is -0.493 e. The number of urea groups is 1. The van der Waals surface area contributed by atoms with Gasteiger partial charge >= 0.3 is 6.03 Å². The van der Waals surface area contributed by atoms with Crippen LogP contribution in [0, 0.1) is 0 Å². The van der Waals surface area contributed by atoms with E-state index < -0.39 is 0 Å². The summed E-state index contributed by atoms with van der Waals surface area (Å²) < 4.78 is 22.3. The fourth-order valence-electron chi connectivity index (χ4n) is 4.39. The molecule has 1 fully saturated rings. The van der Waals surface area contributed by atoms with Crippen molar-refractivity contribution in [2.45, 2.75) is 0 Å². The molecule has 0 aromatic heterocycles. The maximum atomic E-state index is 13.1. The van der Waals surface area contributed by atoms with Gasteiger partial charge in [0.05, 0.1) is 32.6 Å². The zero-order valence-electron chi connectivity index (χ0n) is 20.5. The Kier molecular flexibility index (Phi) is 6.53. The molecule has 3 aromatic rings. The minimum atomic E-state index is -0.194. The van der Waals surface area contributed by atoms with E-state index in [4.69, 9.17) is 23.9 Å². The highest BCUT2D eigenvalue weighted by Crippen LogP contribution is 2.40. The van der Waals surface area contributed by atoms with Crippen molar-refractivity contribution < 1.29 is 23.7 Å². The Labute approximate surface area is 209 Å². The summed E-state index contributed by atoms with van der Waals surface area (Å²) in [5.41, 5.74) is 2.28. The third-order valence-electron chi connectivity index (χ3n) is 6.22. The lowest BCUT2D eigenvalue weighted by Gasteiger charge is -2.36. The molecule has 2 amide bonds. The van der Waals surface area contributed by atoms with Crippen LogP contribution in [0.15, 0.2) is 65.7 Å². The molecule has 0 aliphatic carbocycles. The van der Waals surface area contributed by atoms with Crippen molar-refractivity contribution in [1.29, 1.82) is 0 Å². The summed E-state index contributed by atoms with van der Waals surface area (Å²) in [6, 6.07) is 18.9. The number of nitrogens with one attached hydrogen (secondary N) is 1. The van der Waals surface area contributed by atoms with Gasteiger partial charge in [0.1, 0.15) is 17.3 Å². The van der Waals surface area contributed by atoms with E-state index in [1.54, 1.807) is 38.4 Å². The molecule has 9 nitrogen and oxygen atoms in total. The molecule has 2 aliphatic heterocycles. The minimum absolute atomic E-state index is 0.194. The molecule has 5 rings (SSSR count). The Bertz CT molecular complexity index is 1280. The van der Waals surface area contributed by atoms with Crippen LogP contribution in [0.25, 0.3) is 0 Å². The van der Waals surface area contributed by atoms with Crippen LogP contribution in [0.5, 0.6) is 28.7 Å². The molecular weight excluding hydrogens is 460 g/mol. The predicted molar refractivity (Wildman–Crippen MR) is 137 cm³/mol. The van der Waals surface area contributed by atoms with Gasteiger partial charge in [0.15, 0.2) is 17.2 Å². The summed E-state index contributed by atoms with van der Waals surface area (Å²) in [5, 5.41) is 2.95. The molecule has 1 saturated heterocycles. The lowest BCUT2D eigenvalue weighted by atomic mass is 10.1. The highest BCUT2D eigenvalue weighted by molar-refractivity contribution is 6.04. The molecule has 3 aromatic carbocycles. The molecule has 0 spiro atoms. The number of carbonyl (C=O) groups is 1. The van der Waals surface area contributed by atoms with Crippen LogP contribution < -0.4 is 24.3 Å². The van der Waals surface area contributed by atoms with E-state index in [1.807, 2.05) is 48.5 Å². The number of benzene rings is 3. The number of para-hydroxylation sites is 3. The van der Waals surface area contributed by atoms with Crippen molar-refractivity contribution in [1.82, 2.24) is 9.80 Å². The van der Waals surface area contributed by atoms with Gasteiger partial charge in [0, 0.05) is 38.3 Å². The van der Waals surface area contributed by atoms with Crippen molar-refractivity contribution in [3.8, 4) is 28.7 Å². The average molecular weight is 489 g/mol. The van der Waals surface area contributed by atoms with Gasteiger partial charge in [-0.2, -0.15) is 0 Å². The quantitative estimate of drug-likeness (QED) is 0.571. The van der Waals surface area contributed by atoms with Gasteiger partial charge in [0.25, 0.3) is 0 Å². The number of anilines is 1. The van der Waals surface area contributed by atoms with E-state index >= 15 is 0 Å². The number of hydrogen-bond donors (Lipinski definition) is 1. The summed E-state index contributed by atoms with van der Waals surface area (Å²) >= 11 is 0. The van der Waals surface area contributed by atoms with Gasteiger partial charge in [-0.25, -0.2) is 9.79 Å². The molecule has 2 heterocycles. The average Bonchev–Trinajstić information content (AvgIpc) is 3.09. The van der Waals surface area contributed by atoms with Crippen molar-refractivity contribution in [2.24, 2.45) is 4.99 Å². The number of amides is 2. The number of piperazine rings is 1. The first-order valence-corrected chi connectivity index (χ1v) is 11.7. The largest absolute Gasteiger partial charge is 0.493 e. The van der Waals surface area contributed by atoms with E-state index in [1.165, 1.54) is 0 Å². The van der Waals surface area contributed by atoms with Gasteiger partial charge in [-0.3, -0.25) is 0 Å². The van der Waals surface area contributed by atoms with Crippen molar-refractivity contribution in [2.75, 3.05) is 52.8 Å². The lowest BCUT2D eigenvalue weighted by Crippen LogP contribution is -2.51. The van der Waals surface area contributed by atoms with Crippen molar-refractivity contribution in [3.63, 3.8) is 0 Å². The highest BCUT2D eigenvalue weighted by Gasteiger charge is 2.27. The number of ether oxygens (including phenoxy) is 4. The zero-order valence-corrected chi connectivity index (χ0v) is 20.5. The number of aliphatic imine (C=N–C) groups is 1. The van der Waals surface area contributed by atoms with E-state index in [0.717, 1.165) is 28.6 Å². The molecule has 0 saturated carbocycles. The van der Waals surface area contributed by atoms with Crippen LogP contribution in [0.2, 0.25) is 0 Å². The molecule has 0 atom stereocenters. The number of fused-ring (bicyclic) bond motifs is 2. The lowest BCUT2D eigenvalue weighted by molar-refractivity contribution is 0.181. The standard InChI is InChI=1S/C27H28N4O5/c1-33-23-16-18(17-24(34-2)25(23)35-3)28-27(32)31-14-12-30(13-15-31)26-19-8-4-6-10-21(19)36-22-11-7-5-9-20(22)29-26/h4-11,16-17H,12-15H2,1-3H3,(H,28,32). The van der Waals surface area contributed by atoms with E-state index in [2.05, 4.69) is 10.2 Å². The third-order valence-corrected chi connectivity index (χ3v) is 6.22. The summed E-state index contributed by atoms with van der Waals surface area (Å²) in [6.45, 7) is 2.36. The van der Waals surface area contributed by atoms with Gasteiger partial charge in [0.2, 0.25) is 5.75 Å². The second-order valence-corrected chi connectivity index (χ2v) is 8.32. The van der Waals surface area contributed by atoms with Crippen LogP contribution in [-0.4, -0.2) is 69.2 Å². The van der Waals surface area contributed by atoms with Gasteiger partial charge in [-0.15, -0.1) is 0 Å². The maximum absolute atomic E-state index is 13.1. The molecular formula is C27H28N4O5. The second kappa shape index (κ2) is 10.1. The molecule has 0 radical (unpaired) electrons. The normalized spacial score (nSPS) is 14.5. The SMILES string of the molecule is COc1cc(NC(=O)N2CCN(C3=Nc4ccccc4Oc4ccccc43)CC2)cc(OC)c1OC. The van der Waals surface area contributed by atoms with Crippen LogP contribution in [0.4, 0.5) is 16.2 Å². The topological polar surface area (TPSA) is 84.9 Å². The summed E-state index contributed by atoms with van der Waals surface area (Å²) in [5.74, 6) is 3.77. The monoisotopic (exact) mass is 488 g/mol. The fraction of sp³-hybridized carbons (Fsp3) is 0.259. The number of amidine groups is 1. The molecule has 9 heteroatoms. The summed E-state index contributed by atoms with van der Waals surface area (Å²) in [4.78, 5) is 22.0. The maximum Gasteiger partial charge on any atom is 0.321 e. The first kappa shape index (κ1) is 23.3. The smallest absolute Gasteiger partial charge is 0.321 e. The van der Waals surface area contributed by atoms with Crippen LogP contribution >= 0.6 is 0 Å². The van der Waals surface area contributed by atoms with Gasteiger partial charge in [-0.05, 0) is 24.3 Å². The van der Waals surface area contributed by atoms with Crippen LogP contribution in [-0.2, 0) is 0 Å². The molecule has 0 bridgehead atoms. The van der Waals surface area contributed by atoms with E-state index in [0.29, 0.717) is 49.1 Å². The number of nitrogens with zero attached hydrogens (tertiary/aromatic N) is 3. The van der Waals surface area contributed by atoms with Gasteiger partial charge in [-0.1, -0.05) is 24.3 Å². The Morgan fingerprint density at radius 3 is 2.17 bits per heavy atom. The summed E-state index contributed by atoms with van der Waals surface area (Å²) in [6.07, 6.45) is 0. The van der Waals surface area contributed by atoms with E-state index in [-0.39, 0.29) is 6.03 Å². The zero-order chi connectivity index (χ0) is 25.1. The fourth-order valence-corrected chi connectivity index (χ4v) is 4.39. The van der Waals surface area contributed by atoms with E-state index in [9.17, 15) is 4.79 Å². The Hall–Kier alpha value is -4.40. The summed E-state index contributed by atoms with van der Waals surface area (Å²) in [7, 11) is 4.62. The molecule has 36 heavy (non-hydrogen) atoms. The Morgan fingerprint density at radius 1 is 0.861 bits per heavy atom. The van der Waals surface area contributed by atoms with Crippen molar-refractivity contribution in [3.05, 3.63) is 66.2 Å². The Balaban J connectivity index is 1.31. The number of methoxy groups -OCH3 is 3. The first-order chi connectivity index (χ1) is 17.6. The third kappa shape index (κ3) is 4.47. The molecule has 186 valence electrons. The highest BCUT2D eigenvalue weighted by atomic mass is 16.5. The van der Waals surface area contributed by atoms with Crippen LogP contribution in [0.3, 0.4) is 0 Å². The van der Waals surface area contributed by atoms with Gasteiger partial charge < -0.3 is 34.1 Å². The molecule has 2 aliphatic rings. The number of hydrogen-bond acceptors (Lipinski definition) is 7. The first-order valence-electron chi connectivity index (χ1n) is 11.7. The Morgan fingerprint density at radius 2 is 1.50 bits per heavy atom. The van der Waals surface area contributed by atoms with Crippen LogP contribution in [0.1, 0.15) is 5.56 Å². The molecule has 1 N–H and O–H groups in total. The number of carbonyl (C=O) groups excluding carboxylic acids is 1. The predicted octanol–water partition coefficient (Wildman–Crippen LogP) is 4.75. The number of rotatable bonds is 4. The molecule has 0 unspecified atom stereocenters. The van der Waals surface area contributed by atoms with Crippen molar-refractivity contribution >= 4 is 23.2 Å². The second-order valence-electron chi connectivity index (χ2n) is 8.32.